The molecule has 0 aliphatic carbocycles. The lowest BCUT2D eigenvalue weighted by Crippen LogP contribution is -2.40. The largest absolute Gasteiger partial charge is 0.479 e. The molecule has 2 aromatic carbocycles. The topological polar surface area (TPSA) is 58.9 Å². The van der Waals surface area contributed by atoms with Crippen LogP contribution in [0.25, 0.3) is 0 Å². The molecule has 4 nitrogen and oxygen atoms in total. The number of unbranched alkanes of at least 4 members (excludes halogenated alkanes) is 1. The highest BCUT2D eigenvalue weighted by Crippen LogP contribution is 2.34. The Morgan fingerprint density at radius 2 is 1.63 bits per heavy atom. The molecule has 4 heteroatoms. The molecule has 0 saturated heterocycles. The van der Waals surface area contributed by atoms with E-state index in [-0.39, 0.29) is 0 Å². The van der Waals surface area contributed by atoms with Gasteiger partial charge in [0.1, 0.15) is 0 Å². The fraction of sp³-hybridized carbons (Fsp3) is 0.304. The Morgan fingerprint density at radius 3 is 2.11 bits per heavy atom. The normalized spacial score (nSPS) is 16.3. The van der Waals surface area contributed by atoms with Gasteiger partial charge >= 0.3 is 5.97 Å². The fourth-order valence-electron chi connectivity index (χ4n) is 3.48. The van der Waals surface area contributed by atoms with Crippen LogP contribution >= 0.6 is 0 Å². The standard InChI is InChI=1S/C23H25NO3/c1-18-19(15-16-24-18)10-8-9-17-27-23(22(25)26,20-11-4-2-5-12-20)21-13-6-3-7-14-21/h2-7,11-16,19H,8-10,17H2,1H3,(H,25,26). The number of carboxylic acids is 1. The van der Waals surface area contributed by atoms with Crippen molar-refractivity contribution < 1.29 is 14.6 Å². The molecule has 2 aromatic rings. The predicted octanol–water partition coefficient (Wildman–Crippen LogP) is 4.81. The van der Waals surface area contributed by atoms with Gasteiger partial charge in [-0.05, 0) is 30.9 Å². The number of carboxylic acid groups (broad SMARTS) is 1. The number of rotatable bonds is 9. The van der Waals surface area contributed by atoms with Gasteiger partial charge in [0.15, 0.2) is 0 Å². The molecule has 1 heterocycles. The Kier molecular flexibility index (Phi) is 6.20. The number of benzene rings is 2. The Labute approximate surface area is 160 Å². The van der Waals surface area contributed by atoms with E-state index in [1.807, 2.05) is 73.8 Å². The van der Waals surface area contributed by atoms with E-state index in [9.17, 15) is 9.90 Å². The molecular formula is C23H25NO3. The van der Waals surface area contributed by atoms with Gasteiger partial charge < -0.3 is 9.84 Å². The second-order valence-corrected chi connectivity index (χ2v) is 6.78. The third kappa shape index (κ3) is 4.17. The van der Waals surface area contributed by atoms with Gasteiger partial charge in [-0.3, -0.25) is 4.99 Å². The highest BCUT2D eigenvalue weighted by atomic mass is 16.5. The Hall–Kier alpha value is -2.72. The van der Waals surface area contributed by atoms with E-state index in [0.29, 0.717) is 23.7 Å². The van der Waals surface area contributed by atoms with Crippen LogP contribution in [0.3, 0.4) is 0 Å². The average Bonchev–Trinajstić information content (AvgIpc) is 3.11. The van der Waals surface area contributed by atoms with E-state index < -0.39 is 11.6 Å². The van der Waals surface area contributed by atoms with Crippen molar-refractivity contribution in [1.82, 2.24) is 0 Å². The number of hydrogen-bond donors (Lipinski definition) is 1. The van der Waals surface area contributed by atoms with Gasteiger partial charge in [-0.15, -0.1) is 0 Å². The number of ether oxygens (including phenoxy) is 1. The van der Waals surface area contributed by atoms with Crippen molar-refractivity contribution in [3.8, 4) is 0 Å². The van der Waals surface area contributed by atoms with Crippen LogP contribution in [0.1, 0.15) is 37.3 Å². The molecule has 0 bridgehead atoms. The number of allylic oxidation sites excluding steroid dienone is 1. The summed E-state index contributed by atoms with van der Waals surface area (Å²) in [6.45, 7) is 2.42. The SMILES string of the molecule is CC1=NC=CC1CCCCOC(C(=O)O)(c1ccccc1)c1ccccc1. The van der Waals surface area contributed by atoms with E-state index in [1.54, 1.807) is 0 Å². The summed E-state index contributed by atoms with van der Waals surface area (Å²) >= 11 is 0. The molecule has 1 N–H and O–H groups in total. The number of hydrogen-bond acceptors (Lipinski definition) is 3. The molecule has 0 amide bonds. The molecule has 0 spiro atoms. The zero-order valence-electron chi connectivity index (χ0n) is 15.5. The van der Waals surface area contributed by atoms with Gasteiger partial charge in [-0.25, -0.2) is 4.79 Å². The average molecular weight is 363 g/mol. The Bertz CT molecular complexity index is 773. The summed E-state index contributed by atoms with van der Waals surface area (Å²) in [4.78, 5) is 16.7. The minimum atomic E-state index is -1.49. The summed E-state index contributed by atoms with van der Waals surface area (Å²) in [5.74, 6) is -0.598. The molecule has 1 aliphatic rings. The van der Waals surface area contributed by atoms with Gasteiger partial charge in [0, 0.05) is 24.4 Å². The molecule has 0 saturated carbocycles. The zero-order valence-corrected chi connectivity index (χ0v) is 15.5. The number of nitrogens with zero attached hydrogens (tertiary/aromatic N) is 1. The molecule has 3 rings (SSSR count). The predicted molar refractivity (Wildman–Crippen MR) is 107 cm³/mol. The highest BCUT2D eigenvalue weighted by molar-refractivity contribution is 5.88. The smallest absolute Gasteiger partial charge is 0.345 e. The highest BCUT2D eigenvalue weighted by Gasteiger charge is 2.43. The zero-order chi connectivity index (χ0) is 19.1. The van der Waals surface area contributed by atoms with Gasteiger partial charge in [-0.1, -0.05) is 73.2 Å². The third-order valence-electron chi connectivity index (χ3n) is 5.02. The van der Waals surface area contributed by atoms with Crippen LogP contribution in [0.15, 0.2) is 77.9 Å². The third-order valence-corrected chi connectivity index (χ3v) is 5.02. The van der Waals surface area contributed by atoms with E-state index >= 15 is 0 Å². The van der Waals surface area contributed by atoms with Crippen LogP contribution in [0.2, 0.25) is 0 Å². The summed E-state index contributed by atoms with van der Waals surface area (Å²) in [6, 6.07) is 18.4. The number of aliphatic carboxylic acids is 1. The molecule has 140 valence electrons. The van der Waals surface area contributed by atoms with Crippen LogP contribution < -0.4 is 0 Å². The van der Waals surface area contributed by atoms with Crippen molar-refractivity contribution in [2.24, 2.45) is 10.9 Å². The van der Waals surface area contributed by atoms with Crippen LogP contribution in [0.4, 0.5) is 0 Å². The van der Waals surface area contributed by atoms with Crippen LogP contribution in [-0.2, 0) is 15.1 Å². The minimum Gasteiger partial charge on any atom is -0.479 e. The number of carbonyl (C=O) groups is 1. The maximum Gasteiger partial charge on any atom is 0.345 e. The maximum atomic E-state index is 12.4. The van der Waals surface area contributed by atoms with E-state index in [0.717, 1.165) is 25.0 Å². The molecule has 0 fully saturated rings. The number of aliphatic imine (C=N–C) groups is 1. The quantitative estimate of drug-likeness (QED) is 0.651. The second kappa shape index (κ2) is 8.78. The Morgan fingerprint density at radius 1 is 1.04 bits per heavy atom. The molecule has 1 aliphatic heterocycles. The van der Waals surface area contributed by atoms with Gasteiger partial charge in [-0.2, -0.15) is 0 Å². The van der Waals surface area contributed by atoms with Crippen molar-refractivity contribution in [1.29, 1.82) is 0 Å². The van der Waals surface area contributed by atoms with E-state index in [1.165, 1.54) is 0 Å². The molecule has 0 radical (unpaired) electrons. The molecule has 27 heavy (non-hydrogen) atoms. The second-order valence-electron chi connectivity index (χ2n) is 6.78. The van der Waals surface area contributed by atoms with Crippen LogP contribution in [0.5, 0.6) is 0 Å². The minimum absolute atomic E-state index is 0.378. The van der Waals surface area contributed by atoms with Crippen molar-refractivity contribution >= 4 is 11.7 Å². The Balaban J connectivity index is 1.73. The van der Waals surface area contributed by atoms with Crippen molar-refractivity contribution in [3.05, 3.63) is 84.1 Å². The van der Waals surface area contributed by atoms with Crippen LogP contribution in [-0.4, -0.2) is 23.4 Å². The summed E-state index contributed by atoms with van der Waals surface area (Å²) in [5, 5.41) is 10.1. The lowest BCUT2D eigenvalue weighted by molar-refractivity contribution is -0.162. The van der Waals surface area contributed by atoms with Gasteiger partial charge in [0.2, 0.25) is 5.60 Å². The molecular weight excluding hydrogens is 338 g/mol. The van der Waals surface area contributed by atoms with E-state index in [4.69, 9.17) is 4.74 Å². The van der Waals surface area contributed by atoms with Gasteiger partial charge in [0.25, 0.3) is 0 Å². The lowest BCUT2D eigenvalue weighted by atomic mass is 9.86. The summed E-state index contributed by atoms with van der Waals surface area (Å²) in [6.07, 6.45) is 6.74. The lowest BCUT2D eigenvalue weighted by Gasteiger charge is -2.31. The maximum absolute atomic E-state index is 12.4. The van der Waals surface area contributed by atoms with Crippen LogP contribution in [0, 0.1) is 5.92 Å². The molecule has 0 aromatic heterocycles. The van der Waals surface area contributed by atoms with Crippen molar-refractivity contribution in [2.45, 2.75) is 31.8 Å². The van der Waals surface area contributed by atoms with Crippen molar-refractivity contribution in [3.63, 3.8) is 0 Å². The summed E-state index contributed by atoms with van der Waals surface area (Å²) in [7, 11) is 0. The first-order chi connectivity index (χ1) is 13.1. The molecule has 1 atom stereocenters. The fourth-order valence-corrected chi connectivity index (χ4v) is 3.48. The first-order valence-electron chi connectivity index (χ1n) is 9.34. The first-order valence-corrected chi connectivity index (χ1v) is 9.34. The monoisotopic (exact) mass is 363 g/mol. The van der Waals surface area contributed by atoms with Gasteiger partial charge in [0.05, 0.1) is 0 Å². The van der Waals surface area contributed by atoms with Crippen molar-refractivity contribution in [2.75, 3.05) is 6.61 Å². The van der Waals surface area contributed by atoms with E-state index in [2.05, 4.69) is 11.1 Å². The summed E-state index contributed by atoms with van der Waals surface area (Å²) < 4.78 is 6.11. The molecule has 1 unspecified atom stereocenters. The first kappa shape index (κ1) is 19.1. The summed E-state index contributed by atoms with van der Waals surface area (Å²) in [5.41, 5.74) is 0.910.